The van der Waals surface area contributed by atoms with E-state index in [1.165, 1.54) is 0 Å². The fraction of sp³-hybridized carbons (Fsp3) is 0.583. The highest BCUT2D eigenvalue weighted by atomic mass is 16.7. The maximum absolute atomic E-state index is 11.8. The van der Waals surface area contributed by atoms with Gasteiger partial charge in [-0.05, 0) is 13.8 Å². The summed E-state index contributed by atoms with van der Waals surface area (Å²) in [6.45, 7) is 4.45. The Kier molecular flexibility index (Phi) is 3.33. The Balaban J connectivity index is 2.36. The van der Waals surface area contributed by atoms with E-state index in [1.807, 2.05) is 18.4 Å². The number of aromatic nitrogens is 1. The van der Waals surface area contributed by atoms with E-state index in [9.17, 15) is 9.90 Å². The average Bonchev–Trinajstić information content (AvgIpc) is 2.95. The Bertz CT molecular complexity index is 468. The zero-order valence-corrected chi connectivity index (χ0v) is 10.2. The van der Waals surface area contributed by atoms with Crippen molar-refractivity contribution in [2.75, 3.05) is 13.7 Å². The van der Waals surface area contributed by atoms with Gasteiger partial charge in [-0.2, -0.15) is 0 Å². The predicted molar refractivity (Wildman–Crippen MR) is 61.9 cm³/mol. The predicted octanol–water partition coefficient (Wildman–Crippen LogP) is 0.754. The molecule has 1 aliphatic heterocycles. The van der Waals surface area contributed by atoms with Crippen LogP contribution in [0.2, 0.25) is 0 Å². The van der Waals surface area contributed by atoms with Crippen LogP contribution in [-0.2, 0) is 9.47 Å². The Morgan fingerprint density at radius 3 is 2.82 bits per heavy atom. The number of aryl methyl sites for hydroxylation is 1. The number of pyridine rings is 1. The van der Waals surface area contributed by atoms with E-state index in [2.05, 4.69) is 0 Å². The van der Waals surface area contributed by atoms with Crippen LogP contribution in [0.25, 0.3) is 0 Å². The largest absolute Gasteiger partial charge is 0.383 e. The molecule has 0 aliphatic carbocycles. The molecule has 5 nitrogen and oxygen atoms in total. The quantitative estimate of drug-likeness (QED) is 0.788. The van der Waals surface area contributed by atoms with Crippen LogP contribution in [0.3, 0.4) is 0 Å². The number of ether oxygens (including phenoxy) is 2. The lowest BCUT2D eigenvalue weighted by Crippen LogP contribution is -2.20. The minimum Gasteiger partial charge on any atom is -0.383 e. The van der Waals surface area contributed by atoms with Crippen LogP contribution in [0.4, 0.5) is 0 Å². The van der Waals surface area contributed by atoms with E-state index in [0.29, 0.717) is 12.2 Å². The van der Waals surface area contributed by atoms with Crippen molar-refractivity contribution in [1.29, 1.82) is 0 Å². The van der Waals surface area contributed by atoms with Gasteiger partial charge in [0.05, 0.1) is 12.6 Å². The maximum atomic E-state index is 11.8. The Morgan fingerprint density at radius 2 is 2.29 bits per heavy atom. The molecule has 1 aliphatic rings. The third-order valence-corrected chi connectivity index (χ3v) is 2.97. The van der Waals surface area contributed by atoms with E-state index < -0.39 is 12.4 Å². The van der Waals surface area contributed by atoms with Crippen LogP contribution in [0.1, 0.15) is 30.3 Å². The number of hydrogen-bond acceptors (Lipinski definition) is 4. The molecule has 1 aromatic rings. The second-order valence-electron chi connectivity index (χ2n) is 4.39. The molecule has 17 heavy (non-hydrogen) atoms. The fourth-order valence-corrected chi connectivity index (χ4v) is 2.00. The molecule has 94 valence electrons. The average molecular weight is 239 g/mol. The van der Waals surface area contributed by atoms with E-state index >= 15 is 0 Å². The van der Waals surface area contributed by atoms with Crippen molar-refractivity contribution in [2.45, 2.75) is 32.3 Å². The zero-order valence-electron chi connectivity index (χ0n) is 10.2. The van der Waals surface area contributed by atoms with Crippen LogP contribution >= 0.6 is 0 Å². The highest BCUT2D eigenvalue weighted by Gasteiger charge is 2.40. The first-order chi connectivity index (χ1) is 8.04. The summed E-state index contributed by atoms with van der Waals surface area (Å²) in [7, 11) is 1.64. The second kappa shape index (κ2) is 4.60. The van der Waals surface area contributed by atoms with E-state index in [4.69, 9.17) is 9.47 Å². The summed E-state index contributed by atoms with van der Waals surface area (Å²) in [6, 6.07) is 1.70. The molecule has 0 bridgehead atoms. The summed E-state index contributed by atoms with van der Waals surface area (Å²) in [5.41, 5.74) is 1.29. The van der Waals surface area contributed by atoms with Crippen LogP contribution in [0.15, 0.2) is 17.1 Å². The number of aliphatic hydroxyl groups is 1. The fourth-order valence-electron chi connectivity index (χ4n) is 2.00. The molecule has 0 spiro atoms. The lowest BCUT2D eigenvalue weighted by Gasteiger charge is -2.18. The van der Waals surface area contributed by atoms with Crippen LogP contribution in [0.5, 0.6) is 0 Å². The van der Waals surface area contributed by atoms with Crippen LogP contribution in [0, 0.1) is 6.92 Å². The molecule has 2 heterocycles. The smallest absolute Gasteiger partial charge is 0.187 e. The van der Waals surface area contributed by atoms with Crippen molar-refractivity contribution >= 4 is 0 Å². The van der Waals surface area contributed by atoms with E-state index in [0.717, 1.165) is 5.69 Å². The number of aliphatic hydroxyl groups excluding tert-OH is 1. The highest BCUT2D eigenvalue weighted by molar-refractivity contribution is 5.21. The lowest BCUT2D eigenvalue weighted by atomic mass is 10.1. The Morgan fingerprint density at radius 1 is 1.65 bits per heavy atom. The Hall–Kier alpha value is -1.17. The van der Waals surface area contributed by atoms with Gasteiger partial charge in [0.2, 0.25) is 0 Å². The molecular formula is C12H17NO4. The van der Waals surface area contributed by atoms with Crippen molar-refractivity contribution < 1.29 is 14.6 Å². The molecule has 0 saturated carbocycles. The molecule has 1 N–H and O–H groups in total. The molecule has 1 aromatic heterocycles. The molecule has 1 saturated heterocycles. The van der Waals surface area contributed by atoms with Gasteiger partial charge in [0.15, 0.2) is 11.7 Å². The molecule has 0 amide bonds. The topological polar surface area (TPSA) is 64.0 Å². The summed E-state index contributed by atoms with van der Waals surface area (Å²) in [6.07, 6.45) is 0.447. The van der Waals surface area contributed by atoms with Gasteiger partial charge in [-0.15, -0.1) is 0 Å². The SMILES string of the molecule is COCC(C)n1cc(C2OC2O)c(=O)cc1C. The van der Waals surface area contributed by atoms with E-state index in [-0.39, 0.29) is 11.5 Å². The summed E-state index contributed by atoms with van der Waals surface area (Å²) < 4.78 is 12.0. The summed E-state index contributed by atoms with van der Waals surface area (Å²) in [4.78, 5) is 11.8. The molecule has 0 radical (unpaired) electrons. The molecular weight excluding hydrogens is 222 g/mol. The third-order valence-electron chi connectivity index (χ3n) is 2.97. The van der Waals surface area contributed by atoms with Gasteiger partial charge in [0.25, 0.3) is 0 Å². The third kappa shape index (κ3) is 2.41. The monoisotopic (exact) mass is 239 g/mol. The van der Waals surface area contributed by atoms with Gasteiger partial charge in [-0.3, -0.25) is 4.79 Å². The van der Waals surface area contributed by atoms with Crippen molar-refractivity contribution in [3.05, 3.63) is 33.7 Å². The van der Waals surface area contributed by atoms with Gasteiger partial charge < -0.3 is 19.1 Å². The lowest BCUT2D eigenvalue weighted by molar-refractivity contribution is 0.156. The first kappa shape index (κ1) is 12.3. The van der Waals surface area contributed by atoms with E-state index in [1.54, 1.807) is 19.4 Å². The number of nitrogens with zero attached hydrogens (tertiary/aromatic N) is 1. The highest BCUT2D eigenvalue weighted by Crippen LogP contribution is 2.34. The van der Waals surface area contributed by atoms with Crippen LogP contribution < -0.4 is 5.43 Å². The van der Waals surface area contributed by atoms with Gasteiger partial charge in [-0.25, -0.2) is 0 Å². The molecule has 1 fully saturated rings. The number of epoxide rings is 1. The normalized spacial score (nSPS) is 24.7. The van der Waals surface area contributed by atoms with Crippen LogP contribution in [-0.4, -0.2) is 29.7 Å². The molecule has 3 atom stereocenters. The Labute approximate surface area is 99.6 Å². The molecule has 5 heteroatoms. The maximum Gasteiger partial charge on any atom is 0.187 e. The molecule has 0 aromatic carbocycles. The first-order valence-corrected chi connectivity index (χ1v) is 5.59. The summed E-state index contributed by atoms with van der Waals surface area (Å²) >= 11 is 0. The second-order valence-corrected chi connectivity index (χ2v) is 4.39. The number of rotatable bonds is 4. The van der Waals surface area contributed by atoms with Crippen molar-refractivity contribution in [1.82, 2.24) is 4.57 Å². The van der Waals surface area contributed by atoms with Crippen molar-refractivity contribution in [3.63, 3.8) is 0 Å². The standard InChI is InChI=1S/C12H17NO4/c1-7-4-10(14)9(11-12(15)17-11)5-13(7)8(2)6-16-3/h4-5,8,11-12,15H,6H2,1-3H3. The molecule has 2 rings (SSSR count). The van der Waals surface area contributed by atoms with Crippen molar-refractivity contribution in [2.24, 2.45) is 0 Å². The first-order valence-electron chi connectivity index (χ1n) is 5.59. The van der Waals surface area contributed by atoms with Gasteiger partial charge in [0.1, 0.15) is 6.10 Å². The van der Waals surface area contributed by atoms with Gasteiger partial charge in [0, 0.05) is 30.6 Å². The zero-order chi connectivity index (χ0) is 12.6. The van der Waals surface area contributed by atoms with Crippen molar-refractivity contribution in [3.8, 4) is 0 Å². The minimum atomic E-state index is -0.836. The van der Waals surface area contributed by atoms with Gasteiger partial charge in [-0.1, -0.05) is 0 Å². The molecule has 3 unspecified atom stereocenters. The summed E-state index contributed by atoms with van der Waals surface area (Å²) in [5.74, 6) is 0. The number of methoxy groups -OCH3 is 1. The number of hydrogen-bond donors (Lipinski definition) is 1. The summed E-state index contributed by atoms with van der Waals surface area (Å²) in [5, 5.41) is 9.21. The van der Waals surface area contributed by atoms with Gasteiger partial charge >= 0.3 is 0 Å². The minimum absolute atomic E-state index is 0.0927.